The number of nitrogens with one attached hydrogen (secondary N) is 1. The standard InChI is InChI=1S/C9H11Cl3N2/c10-7-1-2-8(11)9(12)6(7)5-14-4-3-13/h1-2,14H,3-5,13H2. The van der Waals surface area contributed by atoms with Crippen molar-refractivity contribution in [3.8, 4) is 0 Å². The molecule has 2 nitrogen and oxygen atoms in total. The van der Waals surface area contributed by atoms with Gasteiger partial charge in [0.25, 0.3) is 0 Å². The van der Waals surface area contributed by atoms with Crippen molar-refractivity contribution in [2.24, 2.45) is 5.73 Å². The summed E-state index contributed by atoms with van der Waals surface area (Å²) in [6, 6.07) is 3.41. The van der Waals surface area contributed by atoms with E-state index in [2.05, 4.69) is 5.32 Å². The highest BCUT2D eigenvalue weighted by Crippen LogP contribution is 2.31. The molecule has 0 aromatic heterocycles. The van der Waals surface area contributed by atoms with Crippen LogP contribution < -0.4 is 11.1 Å². The van der Waals surface area contributed by atoms with Crippen molar-refractivity contribution in [1.82, 2.24) is 5.32 Å². The van der Waals surface area contributed by atoms with E-state index in [-0.39, 0.29) is 0 Å². The lowest BCUT2D eigenvalue weighted by Crippen LogP contribution is -2.22. The Morgan fingerprint density at radius 3 is 2.43 bits per heavy atom. The average Bonchev–Trinajstić information content (AvgIpc) is 2.18. The molecule has 0 heterocycles. The molecule has 0 saturated heterocycles. The molecule has 0 atom stereocenters. The minimum Gasteiger partial charge on any atom is -0.329 e. The van der Waals surface area contributed by atoms with Gasteiger partial charge in [-0.1, -0.05) is 34.8 Å². The van der Waals surface area contributed by atoms with Crippen LogP contribution in [0.15, 0.2) is 12.1 Å². The number of nitrogens with two attached hydrogens (primary N) is 1. The predicted molar refractivity (Wildman–Crippen MR) is 62.2 cm³/mol. The fourth-order valence-electron chi connectivity index (χ4n) is 1.05. The number of halogens is 3. The zero-order chi connectivity index (χ0) is 10.6. The van der Waals surface area contributed by atoms with E-state index in [9.17, 15) is 0 Å². The summed E-state index contributed by atoms with van der Waals surface area (Å²) < 4.78 is 0. The second kappa shape index (κ2) is 5.79. The van der Waals surface area contributed by atoms with Gasteiger partial charge in [0.2, 0.25) is 0 Å². The van der Waals surface area contributed by atoms with E-state index in [1.54, 1.807) is 12.1 Å². The summed E-state index contributed by atoms with van der Waals surface area (Å²) in [4.78, 5) is 0. The first-order valence-corrected chi connectivity index (χ1v) is 5.33. The van der Waals surface area contributed by atoms with E-state index in [1.165, 1.54) is 0 Å². The van der Waals surface area contributed by atoms with E-state index < -0.39 is 0 Å². The second-order valence-corrected chi connectivity index (χ2v) is 3.98. The zero-order valence-electron chi connectivity index (χ0n) is 7.49. The Balaban J connectivity index is 2.79. The summed E-state index contributed by atoms with van der Waals surface area (Å²) in [6.07, 6.45) is 0. The number of hydrogen-bond donors (Lipinski definition) is 2. The van der Waals surface area contributed by atoms with Crippen LogP contribution in [0.1, 0.15) is 5.56 Å². The van der Waals surface area contributed by atoms with Gasteiger partial charge in [-0.2, -0.15) is 0 Å². The first-order valence-electron chi connectivity index (χ1n) is 4.20. The SMILES string of the molecule is NCCNCc1c(Cl)ccc(Cl)c1Cl. The maximum absolute atomic E-state index is 5.99. The minimum absolute atomic E-state index is 0.503. The third-order valence-electron chi connectivity index (χ3n) is 1.76. The molecule has 0 amide bonds. The Morgan fingerprint density at radius 2 is 1.79 bits per heavy atom. The molecular formula is C9H11Cl3N2. The Bertz CT molecular complexity index is 315. The number of rotatable bonds is 4. The minimum atomic E-state index is 0.503. The van der Waals surface area contributed by atoms with Crippen LogP contribution in [-0.4, -0.2) is 13.1 Å². The van der Waals surface area contributed by atoms with Gasteiger partial charge < -0.3 is 11.1 Å². The maximum atomic E-state index is 5.99. The molecule has 14 heavy (non-hydrogen) atoms. The predicted octanol–water partition coefficient (Wildman–Crippen LogP) is 2.70. The molecule has 0 bridgehead atoms. The van der Waals surface area contributed by atoms with Gasteiger partial charge in [-0.15, -0.1) is 0 Å². The van der Waals surface area contributed by atoms with Gasteiger partial charge in [-0.25, -0.2) is 0 Å². The molecule has 0 radical (unpaired) electrons. The largest absolute Gasteiger partial charge is 0.329 e. The van der Waals surface area contributed by atoms with Gasteiger partial charge in [-0.3, -0.25) is 0 Å². The highest BCUT2D eigenvalue weighted by atomic mass is 35.5. The van der Waals surface area contributed by atoms with Crippen molar-refractivity contribution in [2.45, 2.75) is 6.54 Å². The first kappa shape index (κ1) is 12.1. The lowest BCUT2D eigenvalue weighted by Gasteiger charge is -2.08. The first-order chi connectivity index (χ1) is 6.66. The van der Waals surface area contributed by atoms with E-state index in [4.69, 9.17) is 40.5 Å². The quantitative estimate of drug-likeness (QED) is 0.640. The fourth-order valence-corrected chi connectivity index (χ4v) is 1.73. The molecular weight excluding hydrogens is 242 g/mol. The molecule has 0 saturated carbocycles. The second-order valence-electron chi connectivity index (χ2n) is 2.79. The fraction of sp³-hybridized carbons (Fsp3) is 0.333. The lowest BCUT2D eigenvalue weighted by molar-refractivity contribution is 0.695. The number of benzene rings is 1. The molecule has 1 aromatic carbocycles. The molecule has 0 aliphatic heterocycles. The summed E-state index contributed by atoms with van der Waals surface area (Å²) >= 11 is 17.8. The van der Waals surface area contributed by atoms with Gasteiger partial charge in [0.1, 0.15) is 0 Å². The van der Waals surface area contributed by atoms with Crippen molar-refractivity contribution < 1.29 is 0 Å². The molecule has 1 rings (SSSR count). The van der Waals surface area contributed by atoms with Crippen molar-refractivity contribution in [2.75, 3.05) is 13.1 Å². The molecule has 78 valence electrons. The molecule has 5 heteroatoms. The third kappa shape index (κ3) is 3.01. The van der Waals surface area contributed by atoms with E-state index in [0.717, 1.165) is 12.1 Å². The van der Waals surface area contributed by atoms with Crippen LogP contribution in [0.25, 0.3) is 0 Å². The van der Waals surface area contributed by atoms with E-state index in [0.29, 0.717) is 28.2 Å². The molecule has 0 aliphatic rings. The molecule has 1 aromatic rings. The van der Waals surface area contributed by atoms with Crippen LogP contribution in [0, 0.1) is 0 Å². The molecule has 0 fully saturated rings. The van der Waals surface area contributed by atoms with Crippen molar-refractivity contribution >= 4 is 34.8 Å². The normalized spacial score (nSPS) is 10.6. The zero-order valence-corrected chi connectivity index (χ0v) is 9.76. The summed E-state index contributed by atoms with van der Waals surface area (Å²) in [5.41, 5.74) is 6.16. The van der Waals surface area contributed by atoms with Gasteiger partial charge in [-0.05, 0) is 12.1 Å². The highest BCUT2D eigenvalue weighted by molar-refractivity contribution is 6.44. The van der Waals surface area contributed by atoms with Crippen LogP contribution in [0.2, 0.25) is 15.1 Å². The van der Waals surface area contributed by atoms with Crippen molar-refractivity contribution in [3.05, 3.63) is 32.8 Å². The monoisotopic (exact) mass is 252 g/mol. The summed E-state index contributed by atoms with van der Waals surface area (Å²) in [5.74, 6) is 0. The van der Waals surface area contributed by atoms with Crippen LogP contribution in [-0.2, 0) is 6.54 Å². The van der Waals surface area contributed by atoms with Crippen LogP contribution >= 0.6 is 34.8 Å². The molecule has 0 unspecified atom stereocenters. The van der Waals surface area contributed by atoms with Crippen molar-refractivity contribution in [3.63, 3.8) is 0 Å². The van der Waals surface area contributed by atoms with Gasteiger partial charge >= 0.3 is 0 Å². The summed E-state index contributed by atoms with van der Waals surface area (Å²) in [7, 11) is 0. The Morgan fingerprint density at radius 1 is 1.14 bits per heavy atom. The molecule has 3 N–H and O–H groups in total. The van der Waals surface area contributed by atoms with Crippen molar-refractivity contribution in [1.29, 1.82) is 0 Å². The average molecular weight is 254 g/mol. The highest BCUT2D eigenvalue weighted by Gasteiger charge is 2.08. The third-order valence-corrected chi connectivity index (χ3v) is 2.96. The van der Waals surface area contributed by atoms with Crippen LogP contribution in [0.5, 0.6) is 0 Å². The Hall–Kier alpha value is 0.01000. The summed E-state index contributed by atoms with van der Waals surface area (Å²) in [6.45, 7) is 1.88. The van der Waals surface area contributed by atoms with Crippen LogP contribution in [0.4, 0.5) is 0 Å². The van der Waals surface area contributed by atoms with Gasteiger partial charge in [0.05, 0.1) is 10.0 Å². The van der Waals surface area contributed by atoms with Gasteiger partial charge in [0.15, 0.2) is 0 Å². The Labute approximate surface area is 98.3 Å². The number of hydrogen-bond acceptors (Lipinski definition) is 2. The van der Waals surface area contributed by atoms with E-state index >= 15 is 0 Å². The van der Waals surface area contributed by atoms with Gasteiger partial charge in [0, 0.05) is 30.2 Å². The Kier molecular flexibility index (Phi) is 4.99. The van der Waals surface area contributed by atoms with E-state index in [1.807, 2.05) is 0 Å². The van der Waals surface area contributed by atoms with Crippen LogP contribution in [0.3, 0.4) is 0 Å². The maximum Gasteiger partial charge on any atom is 0.0652 e. The lowest BCUT2D eigenvalue weighted by atomic mass is 10.2. The summed E-state index contributed by atoms with van der Waals surface area (Å²) in [5, 5.41) is 4.74. The molecule has 0 spiro atoms. The smallest absolute Gasteiger partial charge is 0.0652 e. The topological polar surface area (TPSA) is 38.0 Å². The molecule has 0 aliphatic carbocycles.